The first-order valence-corrected chi connectivity index (χ1v) is 7.88. The van der Waals surface area contributed by atoms with Crippen molar-refractivity contribution in [1.82, 2.24) is 0 Å². The average Bonchev–Trinajstić information content (AvgIpc) is 2.54. The molecule has 0 heterocycles. The van der Waals surface area contributed by atoms with Crippen LogP contribution in [0.25, 0.3) is 0 Å². The summed E-state index contributed by atoms with van der Waals surface area (Å²) in [5, 5.41) is 6.88. The van der Waals surface area contributed by atoms with Gasteiger partial charge in [0.25, 0.3) is 0 Å². The Kier molecular flexibility index (Phi) is 4.33. The van der Waals surface area contributed by atoms with Gasteiger partial charge in [-0.15, -0.1) is 0 Å². The number of hydrogen-bond acceptors (Lipinski definition) is 2. The maximum atomic E-state index is 3.47. The van der Waals surface area contributed by atoms with E-state index in [0.717, 1.165) is 22.7 Å². The molecule has 0 aromatic heterocycles. The van der Waals surface area contributed by atoms with Gasteiger partial charge < -0.3 is 10.6 Å². The van der Waals surface area contributed by atoms with Crippen molar-refractivity contribution in [2.75, 3.05) is 10.6 Å². The van der Waals surface area contributed by atoms with Crippen LogP contribution in [0.5, 0.6) is 0 Å². The lowest BCUT2D eigenvalue weighted by atomic mass is 10.1. The molecule has 2 heteroatoms. The second-order valence-electron chi connectivity index (χ2n) is 6.01. The van der Waals surface area contributed by atoms with Crippen LogP contribution in [0, 0.1) is 20.8 Å². The first-order valence-electron chi connectivity index (χ1n) is 7.88. The van der Waals surface area contributed by atoms with Crippen LogP contribution in [-0.4, -0.2) is 0 Å². The fraction of sp³-hybridized carbons (Fsp3) is 0.143. The molecule has 116 valence electrons. The Morgan fingerprint density at radius 2 is 1.00 bits per heavy atom. The molecule has 0 radical (unpaired) electrons. The molecule has 0 fully saturated rings. The smallest absolute Gasteiger partial charge is 0.0414 e. The summed E-state index contributed by atoms with van der Waals surface area (Å²) in [5.41, 5.74) is 8.23. The van der Waals surface area contributed by atoms with Crippen LogP contribution < -0.4 is 10.6 Å². The molecule has 0 atom stereocenters. The van der Waals surface area contributed by atoms with Gasteiger partial charge in [0.15, 0.2) is 0 Å². The zero-order valence-electron chi connectivity index (χ0n) is 13.9. The number of anilines is 4. The molecule has 3 aromatic carbocycles. The summed E-state index contributed by atoms with van der Waals surface area (Å²) < 4.78 is 0. The summed E-state index contributed by atoms with van der Waals surface area (Å²) in [4.78, 5) is 0. The summed E-state index contributed by atoms with van der Waals surface area (Å²) in [6, 6.07) is 23.2. The fourth-order valence-electron chi connectivity index (χ4n) is 2.55. The van der Waals surface area contributed by atoms with Crippen molar-refractivity contribution in [2.45, 2.75) is 20.8 Å². The zero-order chi connectivity index (χ0) is 16.2. The van der Waals surface area contributed by atoms with Gasteiger partial charge in [0, 0.05) is 22.7 Å². The van der Waals surface area contributed by atoms with Gasteiger partial charge in [0.1, 0.15) is 0 Å². The average molecular weight is 302 g/mol. The van der Waals surface area contributed by atoms with E-state index in [0.29, 0.717) is 0 Å². The highest BCUT2D eigenvalue weighted by atomic mass is 14.9. The first-order chi connectivity index (χ1) is 11.1. The van der Waals surface area contributed by atoms with Crippen molar-refractivity contribution >= 4 is 22.7 Å². The van der Waals surface area contributed by atoms with Gasteiger partial charge >= 0.3 is 0 Å². The van der Waals surface area contributed by atoms with Gasteiger partial charge in [-0.1, -0.05) is 35.4 Å². The maximum Gasteiger partial charge on any atom is 0.0414 e. The Morgan fingerprint density at radius 3 is 1.57 bits per heavy atom. The van der Waals surface area contributed by atoms with Crippen LogP contribution in [0.2, 0.25) is 0 Å². The molecular weight excluding hydrogens is 280 g/mol. The lowest BCUT2D eigenvalue weighted by Crippen LogP contribution is -1.94. The van der Waals surface area contributed by atoms with E-state index in [1.165, 1.54) is 16.7 Å². The van der Waals surface area contributed by atoms with E-state index in [1.807, 2.05) is 0 Å². The van der Waals surface area contributed by atoms with E-state index in [4.69, 9.17) is 0 Å². The normalized spacial score (nSPS) is 10.4. The molecule has 0 aliphatic rings. The highest BCUT2D eigenvalue weighted by Gasteiger charge is 2.00. The van der Waals surface area contributed by atoms with Crippen LogP contribution in [0.1, 0.15) is 16.7 Å². The third-order valence-electron chi connectivity index (χ3n) is 3.89. The fourth-order valence-corrected chi connectivity index (χ4v) is 2.55. The van der Waals surface area contributed by atoms with Crippen molar-refractivity contribution in [1.29, 1.82) is 0 Å². The Hall–Kier alpha value is -2.74. The highest BCUT2D eigenvalue weighted by Crippen LogP contribution is 2.24. The predicted octanol–water partition coefficient (Wildman–Crippen LogP) is 6.10. The van der Waals surface area contributed by atoms with E-state index in [-0.39, 0.29) is 0 Å². The topological polar surface area (TPSA) is 24.1 Å². The van der Waals surface area contributed by atoms with Gasteiger partial charge in [-0.05, 0) is 68.8 Å². The first kappa shape index (κ1) is 15.2. The van der Waals surface area contributed by atoms with Gasteiger partial charge in [0.2, 0.25) is 0 Å². The van der Waals surface area contributed by atoms with Crippen LogP contribution >= 0.6 is 0 Å². The minimum atomic E-state index is 1.08. The second-order valence-corrected chi connectivity index (χ2v) is 6.01. The van der Waals surface area contributed by atoms with Crippen LogP contribution in [0.4, 0.5) is 22.7 Å². The molecule has 23 heavy (non-hydrogen) atoms. The standard InChI is InChI=1S/C21H22N2/c1-15-4-7-18(8-5-15)22-19-9-11-20(12-10-19)23-21-13-6-16(2)14-17(21)3/h4-14,22-23H,1-3H3. The molecule has 0 bridgehead atoms. The van der Waals surface area contributed by atoms with Crippen molar-refractivity contribution in [3.63, 3.8) is 0 Å². The van der Waals surface area contributed by atoms with E-state index >= 15 is 0 Å². The Labute approximate surface area is 138 Å². The third kappa shape index (κ3) is 3.92. The molecule has 3 rings (SSSR count). The summed E-state index contributed by atoms with van der Waals surface area (Å²) in [6.07, 6.45) is 0. The van der Waals surface area contributed by atoms with Crippen molar-refractivity contribution < 1.29 is 0 Å². The van der Waals surface area contributed by atoms with Gasteiger partial charge in [-0.2, -0.15) is 0 Å². The minimum absolute atomic E-state index is 1.08. The Bertz CT molecular complexity index is 787. The molecule has 0 saturated heterocycles. The highest BCUT2D eigenvalue weighted by molar-refractivity contribution is 5.67. The molecule has 0 spiro atoms. The van der Waals surface area contributed by atoms with Crippen LogP contribution in [0.3, 0.4) is 0 Å². The molecule has 0 amide bonds. The van der Waals surface area contributed by atoms with E-state index in [1.54, 1.807) is 0 Å². The number of nitrogens with one attached hydrogen (secondary N) is 2. The van der Waals surface area contributed by atoms with Crippen LogP contribution in [-0.2, 0) is 0 Å². The van der Waals surface area contributed by atoms with E-state index in [9.17, 15) is 0 Å². The molecule has 0 saturated carbocycles. The van der Waals surface area contributed by atoms with Gasteiger partial charge in [0.05, 0.1) is 0 Å². The zero-order valence-corrected chi connectivity index (χ0v) is 13.9. The van der Waals surface area contributed by atoms with E-state index in [2.05, 4.69) is 98.1 Å². The molecule has 0 aliphatic carbocycles. The molecular formula is C21H22N2. The lowest BCUT2D eigenvalue weighted by Gasteiger charge is -2.12. The van der Waals surface area contributed by atoms with Crippen molar-refractivity contribution in [3.05, 3.63) is 83.4 Å². The molecule has 0 aliphatic heterocycles. The molecule has 0 unspecified atom stereocenters. The van der Waals surface area contributed by atoms with Crippen molar-refractivity contribution in [2.24, 2.45) is 0 Å². The van der Waals surface area contributed by atoms with Crippen molar-refractivity contribution in [3.8, 4) is 0 Å². The maximum absolute atomic E-state index is 3.47. The Balaban J connectivity index is 1.70. The number of aryl methyl sites for hydroxylation is 3. The SMILES string of the molecule is Cc1ccc(Nc2ccc(Nc3ccc(C)cc3C)cc2)cc1. The van der Waals surface area contributed by atoms with E-state index < -0.39 is 0 Å². The lowest BCUT2D eigenvalue weighted by molar-refractivity contribution is 1.37. The number of hydrogen-bond donors (Lipinski definition) is 2. The summed E-state index contributed by atoms with van der Waals surface area (Å²) in [5.74, 6) is 0. The van der Waals surface area contributed by atoms with Crippen LogP contribution in [0.15, 0.2) is 66.7 Å². The van der Waals surface area contributed by atoms with Gasteiger partial charge in [-0.3, -0.25) is 0 Å². The third-order valence-corrected chi connectivity index (χ3v) is 3.89. The summed E-state index contributed by atoms with van der Waals surface area (Å²) in [7, 11) is 0. The Morgan fingerprint density at radius 1 is 0.522 bits per heavy atom. The molecule has 2 N–H and O–H groups in total. The largest absolute Gasteiger partial charge is 0.356 e. The number of benzene rings is 3. The summed E-state index contributed by atoms with van der Waals surface area (Å²) >= 11 is 0. The van der Waals surface area contributed by atoms with Gasteiger partial charge in [-0.25, -0.2) is 0 Å². The monoisotopic (exact) mass is 302 g/mol. The quantitative estimate of drug-likeness (QED) is 0.608. The predicted molar refractivity (Wildman–Crippen MR) is 100 cm³/mol. The minimum Gasteiger partial charge on any atom is -0.356 e. The summed E-state index contributed by atoms with van der Waals surface area (Å²) in [6.45, 7) is 6.34. The number of rotatable bonds is 4. The molecule has 3 aromatic rings. The molecule has 2 nitrogen and oxygen atoms in total. The second kappa shape index (κ2) is 6.57.